The van der Waals surface area contributed by atoms with Crippen LogP contribution in [0.2, 0.25) is 0 Å². The van der Waals surface area contributed by atoms with E-state index >= 15 is 0 Å². The molecule has 0 heterocycles. The van der Waals surface area contributed by atoms with Gasteiger partial charge in [0, 0.05) is 45.9 Å². The van der Waals surface area contributed by atoms with Crippen LogP contribution in [0.4, 0.5) is 0 Å². The zero-order valence-corrected chi connectivity index (χ0v) is 19.2. The fourth-order valence-corrected chi connectivity index (χ4v) is 4.09. The molecule has 1 aliphatic carbocycles. The molecule has 6 nitrogen and oxygen atoms in total. The Labute approximate surface area is 182 Å². The minimum absolute atomic E-state index is 0.0332. The van der Waals surface area contributed by atoms with Gasteiger partial charge in [-0.05, 0) is 63.1 Å². The number of amides is 1. The maximum Gasteiger partial charge on any atom is 0.253 e. The van der Waals surface area contributed by atoms with Crippen LogP contribution in [0.5, 0.6) is 0 Å². The topological polar surface area (TPSA) is 66.0 Å². The van der Waals surface area contributed by atoms with Gasteiger partial charge in [0.1, 0.15) is 0 Å². The molecule has 30 heavy (non-hydrogen) atoms. The maximum atomic E-state index is 12.1. The largest absolute Gasteiger partial charge is 0.378 e. The Balaban J connectivity index is 1.84. The molecule has 1 saturated carbocycles. The molecular weight excluding hydrogens is 376 g/mol. The second-order valence-corrected chi connectivity index (χ2v) is 8.16. The highest BCUT2D eigenvalue weighted by Gasteiger charge is 2.24. The van der Waals surface area contributed by atoms with Crippen LogP contribution in [-0.4, -0.2) is 63.2 Å². The molecule has 1 aromatic rings. The first-order valence-corrected chi connectivity index (χ1v) is 11.5. The van der Waals surface area contributed by atoms with Gasteiger partial charge in [-0.15, -0.1) is 0 Å². The van der Waals surface area contributed by atoms with Crippen molar-refractivity contribution in [2.45, 2.75) is 58.5 Å². The third-order valence-electron chi connectivity index (χ3n) is 5.62. The van der Waals surface area contributed by atoms with E-state index in [4.69, 9.17) is 9.73 Å². The molecule has 1 fully saturated rings. The monoisotopic (exact) mass is 416 g/mol. The average molecular weight is 417 g/mol. The molecule has 1 aromatic carbocycles. The highest BCUT2D eigenvalue weighted by atomic mass is 16.5. The number of hydrogen-bond donors (Lipinski definition) is 2. The fraction of sp³-hybridized carbons (Fsp3) is 0.667. The molecule has 0 saturated heterocycles. The number of benzene rings is 1. The first-order valence-electron chi connectivity index (χ1n) is 11.5. The highest BCUT2D eigenvalue weighted by molar-refractivity contribution is 5.94. The summed E-state index contributed by atoms with van der Waals surface area (Å²) in [6.07, 6.45) is 7.41. The summed E-state index contributed by atoms with van der Waals surface area (Å²) in [6, 6.07) is 7.85. The van der Waals surface area contributed by atoms with Crippen molar-refractivity contribution in [1.29, 1.82) is 0 Å². The minimum Gasteiger partial charge on any atom is -0.378 e. The fourth-order valence-electron chi connectivity index (χ4n) is 4.09. The van der Waals surface area contributed by atoms with Gasteiger partial charge in [-0.25, -0.2) is 0 Å². The number of carbonyl (C=O) groups is 1. The molecular formula is C24H40N4O2. The Morgan fingerprint density at radius 3 is 2.67 bits per heavy atom. The first kappa shape index (κ1) is 24.2. The lowest BCUT2D eigenvalue weighted by Crippen LogP contribution is -2.38. The van der Waals surface area contributed by atoms with Crippen LogP contribution < -0.4 is 10.6 Å². The van der Waals surface area contributed by atoms with E-state index in [1.165, 1.54) is 25.7 Å². The van der Waals surface area contributed by atoms with Crippen molar-refractivity contribution in [3.63, 3.8) is 0 Å². The van der Waals surface area contributed by atoms with E-state index in [0.29, 0.717) is 12.0 Å². The zero-order chi connectivity index (χ0) is 21.8. The van der Waals surface area contributed by atoms with Gasteiger partial charge in [-0.2, -0.15) is 0 Å². The van der Waals surface area contributed by atoms with E-state index in [-0.39, 0.29) is 5.91 Å². The molecule has 0 radical (unpaired) electrons. The number of nitrogens with one attached hydrogen (secondary N) is 2. The second kappa shape index (κ2) is 13.3. The smallest absolute Gasteiger partial charge is 0.253 e. The molecule has 0 bridgehead atoms. The Bertz CT molecular complexity index is 669. The number of hydrogen-bond acceptors (Lipinski definition) is 3. The summed E-state index contributed by atoms with van der Waals surface area (Å²) in [4.78, 5) is 18.5. The molecule has 1 amide bonds. The van der Waals surface area contributed by atoms with Gasteiger partial charge in [0.25, 0.3) is 5.91 Å². The minimum atomic E-state index is 0.0332. The summed E-state index contributed by atoms with van der Waals surface area (Å²) in [5, 5.41) is 6.74. The predicted molar refractivity (Wildman–Crippen MR) is 124 cm³/mol. The number of rotatable bonds is 11. The summed E-state index contributed by atoms with van der Waals surface area (Å²) >= 11 is 0. The van der Waals surface area contributed by atoms with Crippen LogP contribution in [0.15, 0.2) is 29.3 Å². The predicted octanol–water partition coefficient (Wildman–Crippen LogP) is 3.47. The van der Waals surface area contributed by atoms with Crippen molar-refractivity contribution < 1.29 is 9.53 Å². The molecule has 6 heteroatoms. The van der Waals surface area contributed by atoms with Crippen LogP contribution in [0, 0.1) is 5.92 Å². The first-order chi connectivity index (χ1) is 14.5. The van der Waals surface area contributed by atoms with E-state index in [2.05, 4.69) is 30.5 Å². The van der Waals surface area contributed by atoms with Gasteiger partial charge in [-0.3, -0.25) is 9.79 Å². The van der Waals surface area contributed by atoms with Crippen LogP contribution in [0.3, 0.4) is 0 Å². The third-order valence-corrected chi connectivity index (χ3v) is 5.62. The average Bonchev–Trinajstić information content (AvgIpc) is 3.27. The van der Waals surface area contributed by atoms with Gasteiger partial charge >= 0.3 is 0 Å². The van der Waals surface area contributed by atoms with Crippen LogP contribution in [0.25, 0.3) is 0 Å². The Morgan fingerprint density at radius 1 is 1.23 bits per heavy atom. The van der Waals surface area contributed by atoms with Crippen molar-refractivity contribution in [3.05, 3.63) is 35.4 Å². The van der Waals surface area contributed by atoms with Gasteiger partial charge < -0.3 is 20.3 Å². The third kappa shape index (κ3) is 7.98. The summed E-state index contributed by atoms with van der Waals surface area (Å²) < 4.78 is 6.01. The number of ether oxygens (including phenoxy) is 1. The molecule has 0 spiro atoms. The van der Waals surface area contributed by atoms with Crippen molar-refractivity contribution in [2.24, 2.45) is 10.9 Å². The van der Waals surface area contributed by atoms with E-state index in [9.17, 15) is 4.79 Å². The normalized spacial score (nSPS) is 15.8. The number of guanidine groups is 1. The lowest BCUT2D eigenvalue weighted by molar-refractivity contribution is 0.0177. The molecule has 1 atom stereocenters. The van der Waals surface area contributed by atoms with Crippen molar-refractivity contribution in [1.82, 2.24) is 15.5 Å². The summed E-state index contributed by atoms with van der Waals surface area (Å²) in [5.41, 5.74) is 1.87. The molecule has 0 aromatic heterocycles. The van der Waals surface area contributed by atoms with Gasteiger partial charge in [0.2, 0.25) is 0 Å². The highest BCUT2D eigenvalue weighted by Crippen LogP contribution is 2.30. The van der Waals surface area contributed by atoms with Crippen molar-refractivity contribution in [3.8, 4) is 0 Å². The quantitative estimate of drug-likeness (QED) is 0.428. The molecule has 1 aliphatic rings. The Morgan fingerprint density at radius 2 is 2.00 bits per heavy atom. The van der Waals surface area contributed by atoms with Crippen LogP contribution >= 0.6 is 0 Å². The van der Waals surface area contributed by atoms with Crippen molar-refractivity contribution >= 4 is 11.9 Å². The van der Waals surface area contributed by atoms with E-state index in [1.54, 1.807) is 19.0 Å². The maximum absolute atomic E-state index is 12.1. The molecule has 0 aliphatic heterocycles. The van der Waals surface area contributed by atoms with E-state index in [1.807, 2.05) is 18.2 Å². The number of carbonyl (C=O) groups excluding carboxylic acids is 1. The molecule has 168 valence electrons. The van der Waals surface area contributed by atoms with Crippen LogP contribution in [0.1, 0.15) is 61.9 Å². The summed E-state index contributed by atoms with van der Waals surface area (Å²) in [5.74, 6) is 1.58. The van der Waals surface area contributed by atoms with E-state index in [0.717, 1.165) is 56.2 Å². The summed E-state index contributed by atoms with van der Waals surface area (Å²) in [7, 11) is 3.55. The Hall–Kier alpha value is -2.08. The zero-order valence-electron chi connectivity index (χ0n) is 19.2. The SMILES string of the molecule is CCNC(=NCCC(OCC)C1CCCC1)NCCc1cccc(C(=O)N(C)C)c1. The molecule has 1 unspecified atom stereocenters. The van der Waals surface area contributed by atoms with E-state index < -0.39 is 0 Å². The van der Waals surface area contributed by atoms with Gasteiger partial charge in [0.05, 0.1) is 6.10 Å². The second-order valence-electron chi connectivity index (χ2n) is 8.16. The lowest BCUT2D eigenvalue weighted by Gasteiger charge is -2.22. The lowest BCUT2D eigenvalue weighted by atomic mass is 9.98. The molecule has 2 rings (SSSR count). The number of aliphatic imine (C=N–C) groups is 1. The summed E-state index contributed by atoms with van der Waals surface area (Å²) in [6.45, 7) is 7.30. The number of nitrogens with zero attached hydrogens (tertiary/aromatic N) is 2. The molecule has 2 N–H and O–H groups in total. The van der Waals surface area contributed by atoms with Gasteiger partial charge in [0.15, 0.2) is 5.96 Å². The standard InChI is InChI=1S/C24H40N4O2/c1-5-25-24(27-17-15-22(30-6-2)20-11-7-8-12-20)26-16-14-19-10-9-13-21(18-19)23(29)28(3)4/h9-10,13,18,20,22H,5-8,11-12,14-17H2,1-4H3,(H2,25,26,27). The van der Waals surface area contributed by atoms with Crippen LogP contribution in [-0.2, 0) is 11.2 Å². The van der Waals surface area contributed by atoms with Gasteiger partial charge in [-0.1, -0.05) is 25.0 Å². The Kier molecular flexibility index (Phi) is 10.7. The van der Waals surface area contributed by atoms with Crippen molar-refractivity contribution in [2.75, 3.05) is 40.3 Å².